The molecule has 0 saturated heterocycles. The normalized spacial score (nSPS) is 16.6. The molecule has 4 aromatic rings. The SMILES string of the molecule is CC.CC.Cc1cc(C)c2nc3n(c(=O)c2c1)C(Cc1c[nH]c2ccccc12)C(=O)N[C@H]3CC(C)C. The van der Waals surface area contributed by atoms with Gasteiger partial charge < -0.3 is 10.3 Å². The lowest BCUT2D eigenvalue weighted by Crippen LogP contribution is -2.48. The summed E-state index contributed by atoms with van der Waals surface area (Å²) in [6.45, 7) is 16.2. The minimum absolute atomic E-state index is 0.124. The molecule has 0 spiro atoms. The van der Waals surface area contributed by atoms with Gasteiger partial charge in [0.05, 0.1) is 16.9 Å². The lowest BCUT2D eigenvalue weighted by Gasteiger charge is -2.33. The first kappa shape index (κ1) is 27.2. The number of carbonyl (C=O) groups excluding carboxylic acids is 1. The fourth-order valence-corrected chi connectivity index (χ4v) is 5.00. The van der Waals surface area contributed by atoms with E-state index in [2.05, 4.69) is 24.1 Å². The fourth-order valence-electron chi connectivity index (χ4n) is 5.00. The zero-order valence-corrected chi connectivity index (χ0v) is 22.9. The Balaban J connectivity index is 0.000000861. The Labute approximate surface area is 214 Å². The van der Waals surface area contributed by atoms with Crippen molar-refractivity contribution >= 4 is 27.7 Å². The number of nitrogens with one attached hydrogen (secondary N) is 2. The van der Waals surface area contributed by atoms with Gasteiger partial charge in [-0.2, -0.15) is 0 Å². The van der Waals surface area contributed by atoms with E-state index in [0.717, 1.165) is 39.5 Å². The van der Waals surface area contributed by atoms with Crippen molar-refractivity contribution < 1.29 is 4.79 Å². The van der Waals surface area contributed by atoms with E-state index in [1.54, 1.807) is 4.57 Å². The Morgan fingerprint density at radius 3 is 2.39 bits per heavy atom. The van der Waals surface area contributed by atoms with Crippen LogP contribution in [0.5, 0.6) is 0 Å². The molecule has 36 heavy (non-hydrogen) atoms. The number of rotatable bonds is 4. The van der Waals surface area contributed by atoms with E-state index in [1.165, 1.54) is 0 Å². The minimum Gasteiger partial charge on any atom is -0.361 e. The van der Waals surface area contributed by atoms with Gasteiger partial charge in [-0.3, -0.25) is 14.2 Å². The monoisotopic (exact) mass is 488 g/mol. The molecule has 2 atom stereocenters. The van der Waals surface area contributed by atoms with E-state index in [4.69, 9.17) is 4.98 Å². The Morgan fingerprint density at radius 1 is 1.00 bits per heavy atom. The topological polar surface area (TPSA) is 79.8 Å². The predicted octanol–water partition coefficient (Wildman–Crippen LogP) is 6.55. The second-order valence-corrected chi connectivity index (χ2v) is 9.39. The molecule has 5 rings (SSSR count). The molecule has 2 aromatic carbocycles. The number of aromatic amines is 1. The van der Waals surface area contributed by atoms with Crippen LogP contribution in [0.2, 0.25) is 0 Å². The smallest absolute Gasteiger partial charge is 0.262 e. The van der Waals surface area contributed by atoms with Crippen LogP contribution < -0.4 is 10.9 Å². The third-order valence-corrected chi connectivity index (χ3v) is 6.40. The molecule has 1 aliphatic rings. The molecule has 3 heterocycles. The molecule has 6 nitrogen and oxygen atoms in total. The van der Waals surface area contributed by atoms with Gasteiger partial charge in [-0.15, -0.1) is 0 Å². The van der Waals surface area contributed by atoms with Gasteiger partial charge in [0.15, 0.2) is 0 Å². The van der Waals surface area contributed by atoms with E-state index >= 15 is 0 Å². The quantitative estimate of drug-likeness (QED) is 0.342. The zero-order chi connectivity index (χ0) is 26.6. The highest BCUT2D eigenvalue weighted by molar-refractivity contribution is 5.87. The molecular weight excluding hydrogens is 448 g/mol. The highest BCUT2D eigenvalue weighted by atomic mass is 16.2. The Kier molecular flexibility index (Phi) is 8.72. The van der Waals surface area contributed by atoms with Crippen LogP contribution in [0.15, 0.2) is 47.4 Å². The van der Waals surface area contributed by atoms with E-state index in [0.29, 0.717) is 23.5 Å². The summed E-state index contributed by atoms with van der Waals surface area (Å²) in [5.41, 5.74) is 4.62. The predicted molar refractivity (Wildman–Crippen MR) is 150 cm³/mol. The van der Waals surface area contributed by atoms with Crippen molar-refractivity contribution in [2.75, 3.05) is 0 Å². The summed E-state index contributed by atoms with van der Waals surface area (Å²) in [6, 6.07) is 11.0. The largest absolute Gasteiger partial charge is 0.361 e. The summed E-state index contributed by atoms with van der Waals surface area (Å²) in [4.78, 5) is 35.4. The molecule has 2 N–H and O–H groups in total. The molecule has 0 saturated carbocycles. The number of amides is 1. The molecular formula is C30H40N4O2. The second-order valence-electron chi connectivity index (χ2n) is 9.39. The highest BCUT2D eigenvalue weighted by Gasteiger charge is 2.36. The maximum absolute atomic E-state index is 13.8. The number of para-hydroxylation sites is 1. The summed E-state index contributed by atoms with van der Waals surface area (Å²) >= 11 is 0. The number of fused-ring (bicyclic) bond motifs is 3. The molecule has 0 bridgehead atoms. The molecule has 0 fully saturated rings. The van der Waals surface area contributed by atoms with Crippen LogP contribution >= 0.6 is 0 Å². The van der Waals surface area contributed by atoms with Crippen LogP contribution in [0, 0.1) is 19.8 Å². The Morgan fingerprint density at radius 2 is 1.69 bits per heavy atom. The molecule has 6 heteroatoms. The molecule has 1 amide bonds. The van der Waals surface area contributed by atoms with Crippen molar-refractivity contribution in [2.24, 2.45) is 5.92 Å². The average Bonchev–Trinajstić information content (AvgIpc) is 3.27. The molecule has 0 aliphatic carbocycles. The van der Waals surface area contributed by atoms with Gasteiger partial charge in [-0.1, -0.05) is 65.8 Å². The molecule has 192 valence electrons. The van der Waals surface area contributed by atoms with Crippen LogP contribution in [0.25, 0.3) is 21.8 Å². The third-order valence-electron chi connectivity index (χ3n) is 6.40. The van der Waals surface area contributed by atoms with Gasteiger partial charge in [0.1, 0.15) is 11.9 Å². The van der Waals surface area contributed by atoms with Crippen LogP contribution in [0.1, 0.15) is 82.6 Å². The van der Waals surface area contributed by atoms with Gasteiger partial charge in [0.2, 0.25) is 5.91 Å². The zero-order valence-electron chi connectivity index (χ0n) is 22.9. The number of hydrogen-bond donors (Lipinski definition) is 2. The molecule has 1 unspecified atom stereocenters. The standard InChI is InChI=1S/C26H28N4O2.2C2H6/c1-14(2)9-21-24-29-23-16(4)10-15(3)11-19(23)26(32)30(24)22(25(31)28-21)12-17-13-27-20-8-6-5-7-18(17)20;2*1-2/h5-8,10-11,13-14,21-22,27H,9,12H2,1-4H3,(H,28,31);2*1-2H3/t21-,22?;;/m0../s1. The minimum atomic E-state index is -0.641. The first-order valence-electron chi connectivity index (χ1n) is 13.2. The van der Waals surface area contributed by atoms with E-state index in [-0.39, 0.29) is 17.5 Å². The lowest BCUT2D eigenvalue weighted by atomic mass is 9.96. The van der Waals surface area contributed by atoms with Crippen LogP contribution in [-0.4, -0.2) is 20.4 Å². The lowest BCUT2D eigenvalue weighted by molar-refractivity contribution is -0.126. The maximum Gasteiger partial charge on any atom is 0.262 e. The molecule has 2 aromatic heterocycles. The number of hydrogen-bond acceptors (Lipinski definition) is 3. The first-order valence-corrected chi connectivity index (χ1v) is 13.2. The van der Waals surface area contributed by atoms with Gasteiger partial charge in [0.25, 0.3) is 5.56 Å². The summed E-state index contributed by atoms with van der Waals surface area (Å²) in [6.07, 6.45) is 3.09. The van der Waals surface area contributed by atoms with Crippen molar-refractivity contribution in [2.45, 2.75) is 80.3 Å². The summed E-state index contributed by atoms with van der Waals surface area (Å²) < 4.78 is 1.66. The Bertz CT molecular complexity index is 1410. The number of aryl methyl sites for hydroxylation is 2. The van der Waals surface area contributed by atoms with Crippen molar-refractivity contribution in [1.82, 2.24) is 19.9 Å². The van der Waals surface area contributed by atoms with Crippen molar-refractivity contribution in [3.8, 4) is 0 Å². The number of benzene rings is 2. The second kappa shape index (κ2) is 11.5. The summed E-state index contributed by atoms with van der Waals surface area (Å²) in [5.74, 6) is 0.888. The van der Waals surface area contributed by atoms with Crippen molar-refractivity contribution in [3.05, 3.63) is 75.5 Å². The van der Waals surface area contributed by atoms with Gasteiger partial charge in [-0.25, -0.2) is 4.98 Å². The summed E-state index contributed by atoms with van der Waals surface area (Å²) in [7, 11) is 0. The Hall–Kier alpha value is -3.41. The van der Waals surface area contributed by atoms with E-state index in [1.807, 2.05) is 84.1 Å². The van der Waals surface area contributed by atoms with E-state index < -0.39 is 6.04 Å². The first-order chi connectivity index (χ1) is 17.3. The van der Waals surface area contributed by atoms with E-state index in [9.17, 15) is 9.59 Å². The van der Waals surface area contributed by atoms with Gasteiger partial charge in [0, 0.05) is 23.5 Å². The molecule has 0 radical (unpaired) electrons. The maximum atomic E-state index is 13.8. The molecule has 1 aliphatic heterocycles. The summed E-state index contributed by atoms with van der Waals surface area (Å²) in [5, 5.41) is 4.81. The van der Waals surface area contributed by atoms with Crippen LogP contribution in [0.4, 0.5) is 0 Å². The fraction of sp³-hybridized carbons (Fsp3) is 0.433. The van der Waals surface area contributed by atoms with Crippen molar-refractivity contribution in [3.63, 3.8) is 0 Å². The average molecular weight is 489 g/mol. The number of H-pyrrole nitrogens is 1. The van der Waals surface area contributed by atoms with Crippen molar-refractivity contribution in [1.29, 1.82) is 0 Å². The number of aromatic nitrogens is 3. The van der Waals surface area contributed by atoms with Gasteiger partial charge >= 0.3 is 0 Å². The third kappa shape index (κ3) is 5.08. The number of carbonyl (C=O) groups is 1. The van der Waals surface area contributed by atoms with Crippen LogP contribution in [-0.2, 0) is 11.2 Å². The van der Waals surface area contributed by atoms with Crippen LogP contribution in [0.3, 0.4) is 0 Å². The highest BCUT2D eigenvalue weighted by Crippen LogP contribution is 2.31. The van der Waals surface area contributed by atoms with Gasteiger partial charge in [-0.05, 0) is 55.0 Å². The number of nitrogens with zero attached hydrogens (tertiary/aromatic N) is 2.